The summed E-state index contributed by atoms with van der Waals surface area (Å²) in [7, 11) is 0. The monoisotopic (exact) mass is 308 g/mol. The van der Waals surface area contributed by atoms with Crippen LogP contribution >= 0.6 is 0 Å². The Morgan fingerprint density at radius 1 is 1.00 bits per heavy atom. The van der Waals surface area contributed by atoms with Crippen molar-refractivity contribution in [2.75, 3.05) is 26.2 Å². The van der Waals surface area contributed by atoms with Crippen LogP contribution in [-0.4, -0.2) is 42.1 Å². The molecule has 0 aliphatic carbocycles. The van der Waals surface area contributed by atoms with Crippen molar-refractivity contribution in [2.24, 2.45) is 4.99 Å². The number of hydrogen-bond acceptors (Lipinski definition) is 3. The van der Waals surface area contributed by atoms with Crippen LogP contribution in [0.4, 0.5) is 0 Å². The molecule has 0 radical (unpaired) electrons. The van der Waals surface area contributed by atoms with Gasteiger partial charge in [-0.1, -0.05) is 51.2 Å². The average Bonchev–Trinajstić information content (AvgIpc) is 2.96. The number of allylic oxidation sites excluding steroid dienone is 2. The Labute approximate surface area is 137 Å². The van der Waals surface area contributed by atoms with Gasteiger partial charge in [0.25, 0.3) is 0 Å². The molecule has 0 aromatic carbocycles. The fourth-order valence-electron chi connectivity index (χ4n) is 2.95. The molecule has 128 valence electrons. The lowest BCUT2D eigenvalue weighted by Gasteiger charge is -2.18. The molecule has 0 unspecified atom stereocenters. The summed E-state index contributed by atoms with van der Waals surface area (Å²) in [6.45, 7) is 5.17. The van der Waals surface area contributed by atoms with Crippen molar-refractivity contribution in [3.05, 3.63) is 12.2 Å². The smallest absolute Gasteiger partial charge is 0.0991 e. The number of rotatable bonds is 14. The van der Waals surface area contributed by atoms with Gasteiger partial charge in [-0.25, -0.2) is 0 Å². The minimum absolute atomic E-state index is 0.238. The SMILES string of the molecule is CCCCCCC/C=C/CCCCCC1=NCCN1CCO. The summed E-state index contributed by atoms with van der Waals surface area (Å²) in [5, 5.41) is 9.01. The Bertz CT molecular complexity index is 313. The molecule has 0 aromatic rings. The number of amidine groups is 1. The highest BCUT2D eigenvalue weighted by Gasteiger charge is 2.14. The topological polar surface area (TPSA) is 35.8 Å². The van der Waals surface area contributed by atoms with Gasteiger partial charge in [0, 0.05) is 19.5 Å². The number of aliphatic hydroxyl groups is 1. The van der Waals surface area contributed by atoms with Crippen molar-refractivity contribution >= 4 is 5.84 Å². The molecule has 1 N–H and O–H groups in total. The van der Waals surface area contributed by atoms with Crippen LogP contribution in [0.15, 0.2) is 17.1 Å². The van der Waals surface area contributed by atoms with Crippen LogP contribution in [0.25, 0.3) is 0 Å². The third kappa shape index (κ3) is 9.24. The standard InChI is InChI=1S/C19H36N2O/c1-2-3-4-5-6-7-8-9-10-11-12-13-14-19-20-15-16-21(19)17-18-22/h8-9,22H,2-7,10-18H2,1H3/b9-8+. The lowest BCUT2D eigenvalue weighted by molar-refractivity contribution is 0.255. The predicted molar refractivity (Wildman–Crippen MR) is 96.6 cm³/mol. The quantitative estimate of drug-likeness (QED) is 0.377. The molecule has 0 fully saturated rings. The second kappa shape index (κ2) is 13.8. The first kappa shape index (κ1) is 19.2. The molecule has 1 rings (SSSR count). The van der Waals surface area contributed by atoms with Crippen LogP contribution < -0.4 is 0 Å². The molecule has 0 saturated carbocycles. The molecule has 0 amide bonds. The van der Waals surface area contributed by atoms with E-state index in [1.54, 1.807) is 0 Å². The molecular weight excluding hydrogens is 272 g/mol. The van der Waals surface area contributed by atoms with Gasteiger partial charge in [-0.2, -0.15) is 0 Å². The van der Waals surface area contributed by atoms with Crippen molar-refractivity contribution in [3.63, 3.8) is 0 Å². The van der Waals surface area contributed by atoms with E-state index in [1.165, 1.54) is 70.0 Å². The fraction of sp³-hybridized carbons (Fsp3) is 0.842. The second-order valence-electron chi connectivity index (χ2n) is 6.28. The van der Waals surface area contributed by atoms with Crippen molar-refractivity contribution in [1.82, 2.24) is 4.90 Å². The zero-order valence-corrected chi connectivity index (χ0v) is 14.6. The van der Waals surface area contributed by atoms with Crippen LogP contribution in [0, 0.1) is 0 Å². The Morgan fingerprint density at radius 2 is 1.68 bits per heavy atom. The number of nitrogens with zero attached hydrogens (tertiary/aromatic N) is 2. The first-order valence-electron chi connectivity index (χ1n) is 9.42. The van der Waals surface area contributed by atoms with Crippen molar-refractivity contribution in [1.29, 1.82) is 0 Å². The largest absolute Gasteiger partial charge is 0.395 e. The Kier molecular flexibility index (Phi) is 12.1. The first-order valence-corrected chi connectivity index (χ1v) is 9.42. The highest BCUT2D eigenvalue weighted by atomic mass is 16.3. The van der Waals surface area contributed by atoms with E-state index in [4.69, 9.17) is 5.11 Å². The lowest BCUT2D eigenvalue weighted by atomic mass is 10.1. The molecule has 3 nitrogen and oxygen atoms in total. The molecule has 1 aliphatic heterocycles. The number of aliphatic hydroxyl groups excluding tert-OH is 1. The maximum Gasteiger partial charge on any atom is 0.0991 e. The summed E-state index contributed by atoms with van der Waals surface area (Å²) in [6.07, 6.45) is 19.0. The van der Waals surface area contributed by atoms with Gasteiger partial charge >= 0.3 is 0 Å². The van der Waals surface area contributed by atoms with E-state index in [9.17, 15) is 0 Å². The summed E-state index contributed by atoms with van der Waals surface area (Å²) in [6, 6.07) is 0. The van der Waals surface area contributed by atoms with Crippen LogP contribution in [0.1, 0.15) is 77.6 Å². The van der Waals surface area contributed by atoms with Crippen LogP contribution in [0.3, 0.4) is 0 Å². The van der Waals surface area contributed by atoms with E-state index in [2.05, 4.69) is 29.0 Å². The first-order chi connectivity index (χ1) is 10.9. The third-order valence-electron chi connectivity index (χ3n) is 4.31. The summed E-state index contributed by atoms with van der Waals surface area (Å²) in [4.78, 5) is 6.78. The highest BCUT2D eigenvalue weighted by Crippen LogP contribution is 2.11. The maximum absolute atomic E-state index is 9.01. The minimum Gasteiger partial charge on any atom is -0.395 e. The molecule has 0 spiro atoms. The second-order valence-corrected chi connectivity index (χ2v) is 6.28. The van der Waals surface area contributed by atoms with E-state index in [0.717, 1.165) is 26.1 Å². The number of unbranched alkanes of at least 4 members (excludes halogenated alkanes) is 8. The maximum atomic E-state index is 9.01. The highest BCUT2D eigenvalue weighted by molar-refractivity contribution is 5.83. The van der Waals surface area contributed by atoms with Crippen molar-refractivity contribution < 1.29 is 5.11 Å². The van der Waals surface area contributed by atoms with Crippen LogP contribution in [0.2, 0.25) is 0 Å². The molecular formula is C19H36N2O. The van der Waals surface area contributed by atoms with Gasteiger partial charge in [-0.05, 0) is 32.1 Å². The summed E-state index contributed by atoms with van der Waals surface area (Å²) in [5.74, 6) is 1.22. The average molecular weight is 309 g/mol. The molecule has 0 atom stereocenters. The molecule has 3 heteroatoms. The van der Waals surface area contributed by atoms with Crippen molar-refractivity contribution in [3.8, 4) is 0 Å². The third-order valence-corrected chi connectivity index (χ3v) is 4.31. The van der Waals surface area contributed by atoms with E-state index < -0.39 is 0 Å². The zero-order chi connectivity index (χ0) is 15.9. The number of hydrogen-bond donors (Lipinski definition) is 1. The molecule has 22 heavy (non-hydrogen) atoms. The van der Waals surface area contributed by atoms with Crippen LogP contribution in [-0.2, 0) is 0 Å². The van der Waals surface area contributed by atoms with Gasteiger partial charge in [-0.15, -0.1) is 0 Å². The predicted octanol–water partition coefficient (Wildman–Crippen LogP) is 4.56. The van der Waals surface area contributed by atoms with Gasteiger partial charge in [0.1, 0.15) is 0 Å². The van der Waals surface area contributed by atoms with E-state index in [1.807, 2.05) is 0 Å². The van der Waals surface area contributed by atoms with Gasteiger partial charge in [0.15, 0.2) is 0 Å². The van der Waals surface area contributed by atoms with E-state index in [-0.39, 0.29) is 6.61 Å². The van der Waals surface area contributed by atoms with Crippen LogP contribution in [0.5, 0.6) is 0 Å². The Morgan fingerprint density at radius 3 is 2.36 bits per heavy atom. The minimum atomic E-state index is 0.238. The number of aliphatic imine (C=N–C) groups is 1. The molecule has 1 heterocycles. The Balaban J connectivity index is 1.89. The van der Waals surface area contributed by atoms with Gasteiger partial charge < -0.3 is 10.0 Å². The van der Waals surface area contributed by atoms with Crippen molar-refractivity contribution in [2.45, 2.75) is 77.6 Å². The van der Waals surface area contributed by atoms with E-state index >= 15 is 0 Å². The molecule has 1 aliphatic rings. The zero-order valence-electron chi connectivity index (χ0n) is 14.6. The normalized spacial score (nSPS) is 15.0. The summed E-state index contributed by atoms with van der Waals surface area (Å²) < 4.78 is 0. The van der Waals surface area contributed by atoms with Gasteiger partial charge in [0.2, 0.25) is 0 Å². The summed E-state index contributed by atoms with van der Waals surface area (Å²) in [5.41, 5.74) is 0. The van der Waals surface area contributed by atoms with Gasteiger partial charge in [-0.3, -0.25) is 4.99 Å². The van der Waals surface area contributed by atoms with E-state index in [0.29, 0.717) is 0 Å². The molecule has 0 bridgehead atoms. The summed E-state index contributed by atoms with van der Waals surface area (Å²) >= 11 is 0. The fourth-order valence-corrected chi connectivity index (χ4v) is 2.95. The lowest BCUT2D eigenvalue weighted by Crippen LogP contribution is -2.30. The molecule has 0 saturated heterocycles. The number of β-amino-alcohol motifs (C(OH)–C–C–N with tert-alkyl or cyclic N) is 1. The molecule has 0 aromatic heterocycles. The Hall–Kier alpha value is -0.830. The van der Waals surface area contributed by atoms with Gasteiger partial charge in [0.05, 0.1) is 19.0 Å².